The molecule has 0 amide bonds. The molecule has 11 heavy (non-hydrogen) atoms. The fraction of sp³-hybridized carbons (Fsp3) is 1.00. The van der Waals surface area contributed by atoms with E-state index in [1.54, 1.807) is 0 Å². The van der Waals surface area contributed by atoms with E-state index in [1.165, 1.54) is 25.9 Å². The Morgan fingerprint density at radius 1 is 1.09 bits per heavy atom. The first-order valence-corrected chi connectivity index (χ1v) is 4.99. The summed E-state index contributed by atoms with van der Waals surface area (Å²) in [4.78, 5) is 0. The summed E-state index contributed by atoms with van der Waals surface area (Å²) in [5, 5.41) is 3.53. The number of piperidine rings is 1. The Labute approximate surface area is 69.6 Å². The van der Waals surface area contributed by atoms with Crippen LogP contribution < -0.4 is 5.32 Å². The van der Waals surface area contributed by atoms with E-state index in [2.05, 4.69) is 19.2 Å². The summed E-state index contributed by atoms with van der Waals surface area (Å²) in [6.07, 6.45) is 2.97. The molecule has 2 fully saturated rings. The molecule has 2 bridgehead atoms. The van der Waals surface area contributed by atoms with Crippen molar-refractivity contribution in [2.24, 2.45) is 23.7 Å². The lowest BCUT2D eigenvalue weighted by Gasteiger charge is -2.33. The van der Waals surface area contributed by atoms with Gasteiger partial charge in [0.1, 0.15) is 0 Å². The molecule has 1 aliphatic heterocycles. The molecule has 2 rings (SSSR count). The molecular weight excluding hydrogens is 134 g/mol. The van der Waals surface area contributed by atoms with E-state index in [0.717, 1.165) is 23.7 Å². The number of nitrogens with one attached hydrogen (secondary N) is 1. The standard InChI is InChI=1S/C10H19N/c1-7(2)10-8-3-4-9(10)6-11-5-8/h7-11H,3-6H2,1-2H3/t8-,9?,10?/m1/s1. The summed E-state index contributed by atoms with van der Waals surface area (Å²) in [5.74, 6) is 3.97. The summed E-state index contributed by atoms with van der Waals surface area (Å²) in [5.41, 5.74) is 0. The summed E-state index contributed by atoms with van der Waals surface area (Å²) in [6, 6.07) is 0. The van der Waals surface area contributed by atoms with Gasteiger partial charge in [-0.1, -0.05) is 13.8 Å². The normalized spacial score (nSPS) is 43.4. The summed E-state index contributed by atoms with van der Waals surface area (Å²) >= 11 is 0. The third kappa shape index (κ3) is 1.20. The van der Waals surface area contributed by atoms with Crippen LogP contribution in [-0.2, 0) is 0 Å². The second-order valence-corrected chi connectivity index (χ2v) is 4.58. The lowest BCUT2D eigenvalue weighted by atomic mass is 9.78. The molecule has 3 atom stereocenters. The number of rotatable bonds is 1. The molecule has 1 N–H and O–H groups in total. The van der Waals surface area contributed by atoms with Crippen molar-refractivity contribution >= 4 is 0 Å². The van der Waals surface area contributed by atoms with E-state index in [1.807, 2.05) is 0 Å². The molecule has 1 nitrogen and oxygen atoms in total. The average Bonchev–Trinajstić information content (AvgIpc) is 2.23. The summed E-state index contributed by atoms with van der Waals surface area (Å²) in [7, 11) is 0. The van der Waals surface area contributed by atoms with Crippen LogP contribution in [0.25, 0.3) is 0 Å². The summed E-state index contributed by atoms with van der Waals surface area (Å²) < 4.78 is 0. The summed E-state index contributed by atoms with van der Waals surface area (Å²) in [6.45, 7) is 7.36. The van der Waals surface area contributed by atoms with Crippen molar-refractivity contribution in [1.29, 1.82) is 0 Å². The Balaban J connectivity index is 2.09. The first kappa shape index (κ1) is 7.60. The van der Waals surface area contributed by atoms with Crippen molar-refractivity contribution in [3.05, 3.63) is 0 Å². The van der Waals surface area contributed by atoms with Gasteiger partial charge in [-0.25, -0.2) is 0 Å². The monoisotopic (exact) mass is 153 g/mol. The molecule has 0 spiro atoms. The van der Waals surface area contributed by atoms with Crippen molar-refractivity contribution < 1.29 is 0 Å². The van der Waals surface area contributed by atoms with Crippen molar-refractivity contribution in [3.8, 4) is 0 Å². The molecule has 1 heteroatoms. The average molecular weight is 153 g/mol. The van der Waals surface area contributed by atoms with Crippen LogP contribution in [0.5, 0.6) is 0 Å². The van der Waals surface area contributed by atoms with Crippen LogP contribution >= 0.6 is 0 Å². The van der Waals surface area contributed by atoms with E-state index in [-0.39, 0.29) is 0 Å². The van der Waals surface area contributed by atoms with E-state index < -0.39 is 0 Å². The maximum Gasteiger partial charge on any atom is -0.00175 e. The van der Waals surface area contributed by atoms with Gasteiger partial charge in [0, 0.05) is 0 Å². The predicted octanol–water partition coefficient (Wildman–Crippen LogP) is 1.89. The maximum atomic E-state index is 3.53. The second-order valence-electron chi connectivity index (χ2n) is 4.58. The van der Waals surface area contributed by atoms with E-state index in [9.17, 15) is 0 Å². The molecule has 0 radical (unpaired) electrons. The molecule has 0 aromatic carbocycles. The van der Waals surface area contributed by atoms with Gasteiger partial charge in [-0.2, -0.15) is 0 Å². The Hall–Kier alpha value is -0.0400. The molecule has 1 saturated heterocycles. The van der Waals surface area contributed by atoms with Gasteiger partial charge in [0.2, 0.25) is 0 Å². The molecule has 0 aromatic heterocycles. The number of hydrogen-bond acceptors (Lipinski definition) is 1. The highest BCUT2D eigenvalue weighted by atomic mass is 14.9. The van der Waals surface area contributed by atoms with Crippen LogP contribution in [0.3, 0.4) is 0 Å². The van der Waals surface area contributed by atoms with Gasteiger partial charge in [-0.15, -0.1) is 0 Å². The molecule has 1 saturated carbocycles. The Bertz CT molecular complexity index is 126. The SMILES string of the molecule is CC(C)C1C2CC[C@@H]1CNC2. The molecular formula is C10H19N. The highest BCUT2D eigenvalue weighted by Crippen LogP contribution is 2.42. The van der Waals surface area contributed by atoms with Crippen LogP contribution in [0, 0.1) is 23.7 Å². The van der Waals surface area contributed by atoms with Crippen molar-refractivity contribution in [2.45, 2.75) is 26.7 Å². The number of fused-ring (bicyclic) bond motifs is 2. The maximum absolute atomic E-state index is 3.53. The van der Waals surface area contributed by atoms with Crippen molar-refractivity contribution in [2.75, 3.05) is 13.1 Å². The van der Waals surface area contributed by atoms with Gasteiger partial charge in [0.15, 0.2) is 0 Å². The minimum Gasteiger partial charge on any atom is -0.316 e. The zero-order valence-electron chi connectivity index (χ0n) is 7.64. The van der Waals surface area contributed by atoms with Gasteiger partial charge < -0.3 is 5.32 Å². The smallest absolute Gasteiger partial charge is 0.00175 e. The molecule has 1 heterocycles. The zero-order valence-corrected chi connectivity index (χ0v) is 7.64. The minimum absolute atomic E-state index is 0.912. The van der Waals surface area contributed by atoms with Crippen molar-refractivity contribution in [3.63, 3.8) is 0 Å². The lowest BCUT2D eigenvalue weighted by Crippen LogP contribution is -2.40. The van der Waals surface area contributed by atoms with Crippen LogP contribution in [0.1, 0.15) is 26.7 Å². The van der Waals surface area contributed by atoms with Crippen LogP contribution in [0.15, 0.2) is 0 Å². The quantitative estimate of drug-likeness (QED) is 0.606. The zero-order chi connectivity index (χ0) is 7.84. The van der Waals surface area contributed by atoms with Crippen LogP contribution in [0.2, 0.25) is 0 Å². The molecule has 2 unspecified atom stereocenters. The first-order chi connectivity index (χ1) is 5.29. The fourth-order valence-corrected chi connectivity index (χ4v) is 3.22. The molecule has 64 valence electrons. The van der Waals surface area contributed by atoms with E-state index >= 15 is 0 Å². The van der Waals surface area contributed by atoms with Gasteiger partial charge in [-0.3, -0.25) is 0 Å². The van der Waals surface area contributed by atoms with Gasteiger partial charge >= 0.3 is 0 Å². The third-order valence-corrected chi connectivity index (χ3v) is 3.58. The van der Waals surface area contributed by atoms with Crippen molar-refractivity contribution in [1.82, 2.24) is 5.32 Å². The second kappa shape index (κ2) is 2.78. The molecule has 0 aromatic rings. The lowest BCUT2D eigenvalue weighted by molar-refractivity contribution is 0.185. The Morgan fingerprint density at radius 2 is 1.64 bits per heavy atom. The highest BCUT2D eigenvalue weighted by molar-refractivity contribution is 4.92. The first-order valence-electron chi connectivity index (χ1n) is 4.99. The van der Waals surface area contributed by atoms with E-state index in [0.29, 0.717) is 0 Å². The van der Waals surface area contributed by atoms with Gasteiger partial charge in [-0.05, 0) is 49.6 Å². The Morgan fingerprint density at radius 3 is 2.00 bits per heavy atom. The minimum atomic E-state index is 0.912. The van der Waals surface area contributed by atoms with E-state index in [4.69, 9.17) is 0 Å². The number of hydrogen-bond donors (Lipinski definition) is 1. The largest absolute Gasteiger partial charge is 0.316 e. The molecule has 2 aliphatic rings. The Kier molecular flexibility index (Phi) is 1.92. The fourth-order valence-electron chi connectivity index (χ4n) is 3.22. The highest BCUT2D eigenvalue weighted by Gasteiger charge is 2.39. The van der Waals surface area contributed by atoms with Crippen LogP contribution in [0.4, 0.5) is 0 Å². The predicted molar refractivity (Wildman–Crippen MR) is 47.4 cm³/mol. The topological polar surface area (TPSA) is 12.0 Å². The molecule has 1 aliphatic carbocycles. The van der Waals surface area contributed by atoms with Crippen LogP contribution in [-0.4, -0.2) is 13.1 Å². The van der Waals surface area contributed by atoms with Gasteiger partial charge in [0.25, 0.3) is 0 Å². The third-order valence-electron chi connectivity index (χ3n) is 3.58. The van der Waals surface area contributed by atoms with Gasteiger partial charge in [0.05, 0.1) is 0 Å².